The van der Waals surface area contributed by atoms with Gasteiger partial charge in [0.15, 0.2) is 12.4 Å². The van der Waals surface area contributed by atoms with Gasteiger partial charge in [0.25, 0.3) is 0 Å². The average molecular weight is 551 g/mol. The molecule has 2 fully saturated rings. The fraction of sp³-hybridized carbons (Fsp3) is 0.484. The third-order valence-corrected chi connectivity index (χ3v) is 10.5. The SMILES string of the molecule is CN1/C(=C\C(=O)COC(=O)c2cccc(S(=O)(=O)N3C[C@@]4(C)C[C@H]3CC(C)(C)C4)c2)C(C)(C)c2ccccc21. The van der Waals surface area contributed by atoms with Gasteiger partial charge >= 0.3 is 5.97 Å². The maximum absolute atomic E-state index is 13.7. The van der Waals surface area contributed by atoms with E-state index in [0.29, 0.717) is 6.54 Å². The van der Waals surface area contributed by atoms with Crippen LogP contribution in [0.5, 0.6) is 0 Å². The predicted molar refractivity (Wildman–Crippen MR) is 151 cm³/mol. The highest BCUT2D eigenvalue weighted by atomic mass is 32.2. The van der Waals surface area contributed by atoms with Crippen LogP contribution in [0.4, 0.5) is 5.69 Å². The third kappa shape index (κ3) is 4.93. The number of hydrogen-bond donors (Lipinski definition) is 0. The molecule has 0 aromatic heterocycles. The Morgan fingerprint density at radius 2 is 1.74 bits per heavy atom. The number of benzene rings is 2. The Labute approximate surface area is 231 Å². The summed E-state index contributed by atoms with van der Waals surface area (Å²) in [6, 6.07) is 13.9. The number of carbonyl (C=O) groups excluding carboxylic acids is 2. The molecule has 0 amide bonds. The molecule has 0 N–H and O–H groups in total. The van der Waals surface area contributed by atoms with E-state index in [2.05, 4.69) is 40.7 Å². The molecule has 1 saturated carbocycles. The second-order valence-electron chi connectivity index (χ2n) is 13.1. The number of para-hydroxylation sites is 1. The highest BCUT2D eigenvalue weighted by Gasteiger charge is 2.53. The molecule has 1 aliphatic carbocycles. The number of rotatable bonds is 6. The molecule has 3 aliphatic rings. The fourth-order valence-corrected chi connectivity index (χ4v) is 9.10. The molecule has 0 unspecified atom stereocenters. The summed E-state index contributed by atoms with van der Waals surface area (Å²) in [6.07, 6.45) is 4.18. The number of ketones is 1. The van der Waals surface area contributed by atoms with Crippen molar-refractivity contribution in [1.82, 2.24) is 4.31 Å². The molecular weight excluding hydrogens is 512 g/mol. The molecular formula is C31H38N2O5S. The van der Waals surface area contributed by atoms with E-state index in [4.69, 9.17) is 4.74 Å². The summed E-state index contributed by atoms with van der Waals surface area (Å²) in [7, 11) is -1.87. The molecule has 208 valence electrons. The number of allylic oxidation sites excluding steroid dienone is 1. The Bertz CT molecular complexity index is 1480. The number of fused-ring (bicyclic) bond motifs is 3. The Kier molecular flexibility index (Phi) is 6.58. The van der Waals surface area contributed by atoms with Crippen LogP contribution < -0.4 is 4.90 Å². The molecule has 0 radical (unpaired) electrons. The highest BCUT2D eigenvalue weighted by Crippen LogP contribution is 2.53. The second kappa shape index (κ2) is 9.30. The van der Waals surface area contributed by atoms with Crippen molar-refractivity contribution >= 4 is 27.5 Å². The third-order valence-electron chi connectivity index (χ3n) is 8.63. The van der Waals surface area contributed by atoms with Crippen LogP contribution >= 0.6 is 0 Å². The van der Waals surface area contributed by atoms with E-state index in [0.717, 1.165) is 36.2 Å². The molecule has 2 atom stereocenters. The number of carbonyl (C=O) groups is 2. The minimum atomic E-state index is -3.79. The molecule has 2 aliphatic heterocycles. The number of sulfonamides is 1. The summed E-state index contributed by atoms with van der Waals surface area (Å²) in [5.74, 6) is -1.07. The smallest absolute Gasteiger partial charge is 0.338 e. The molecule has 2 bridgehead atoms. The first-order chi connectivity index (χ1) is 18.1. The molecule has 8 heteroatoms. The first kappa shape index (κ1) is 27.6. The fourth-order valence-electron chi connectivity index (χ4n) is 7.28. The lowest BCUT2D eigenvalue weighted by atomic mass is 9.65. The number of esters is 1. The first-order valence-electron chi connectivity index (χ1n) is 13.5. The summed E-state index contributed by atoms with van der Waals surface area (Å²) >= 11 is 0. The number of ether oxygens (including phenoxy) is 1. The van der Waals surface area contributed by atoms with Crippen molar-refractivity contribution in [2.75, 3.05) is 25.1 Å². The van der Waals surface area contributed by atoms with Crippen molar-refractivity contribution in [2.45, 2.75) is 70.2 Å². The number of hydrogen-bond acceptors (Lipinski definition) is 6. The summed E-state index contributed by atoms with van der Waals surface area (Å²) in [4.78, 5) is 27.7. The monoisotopic (exact) mass is 550 g/mol. The predicted octanol–water partition coefficient (Wildman–Crippen LogP) is 5.31. The molecule has 2 aromatic rings. The van der Waals surface area contributed by atoms with Gasteiger partial charge in [0.05, 0.1) is 10.5 Å². The van der Waals surface area contributed by atoms with Crippen LogP contribution in [0.3, 0.4) is 0 Å². The van der Waals surface area contributed by atoms with Crippen molar-refractivity contribution in [3.63, 3.8) is 0 Å². The van der Waals surface area contributed by atoms with Crippen LogP contribution in [0.1, 0.15) is 69.8 Å². The van der Waals surface area contributed by atoms with E-state index in [-0.39, 0.29) is 38.5 Å². The van der Waals surface area contributed by atoms with E-state index in [1.165, 1.54) is 24.3 Å². The number of likely N-dealkylation sites (N-methyl/N-ethyl adjacent to an activating group) is 1. The molecule has 0 spiro atoms. The van der Waals surface area contributed by atoms with Crippen molar-refractivity contribution in [3.8, 4) is 0 Å². The maximum atomic E-state index is 13.7. The van der Waals surface area contributed by atoms with Crippen LogP contribution in [0, 0.1) is 10.8 Å². The largest absolute Gasteiger partial charge is 0.454 e. The van der Waals surface area contributed by atoms with Crippen LogP contribution in [-0.2, 0) is 25.0 Å². The molecule has 1 saturated heterocycles. The molecule has 2 aromatic carbocycles. The Morgan fingerprint density at radius 1 is 1.03 bits per heavy atom. The van der Waals surface area contributed by atoms with Crippen molar-refractivity contribution in [3.05, 3.63) is 71.4 Å². The topological polar surface area (TPSA) is 84.0 Å². The van der Waals surface area contributed by atoms with E-state index in [1.54, 1.807) is 10.4 Å². The van der Waals surface area contributed by atoms with Gasteiger partial charge in [-0.1, -0.05) is 58.9 Å². The summed E-state index contributed by atoms with van der Waals surface area (Å²) in [6.45, 7) is 10.7. The summed E-state index contributed by atoms with van der Waals surface area (Å²) < 4.78 is 34.3. The highest BCUT2D eigenvalue weighted by molar-refractivity contribution is 7.89. The Balaban J connectivity index is 1.29. The van der Waals surface area contributed by atoms with Crippen LogP contribution in [0.25, 0.3) is 0 Å². The Hall–Kier alpha value is -2.97. The van der Waals surface area contributed by atoms with Crippen molar-refractivity contribution in [1.29, 1.82) is 0 Å². The van der Waals surface area contributed by atoms with E-state index < -0.39 is 22.6 Å². The van der Waals surface area contributed by atoms with Gasteiger partial charge in [-0.15, -0.1) is 0 Å². The van der Waals surface area contributed by atoms with Crippen LogP contribution in [0.15, 0.2) is 65.2 Å². The maximum Gasteiger partial charge on any atom is 0.338 e. The van der Waals surface area contributed by atoms with E-state index in [1.807, 2.05) is 30.1 Å². The second-order valence-corrected chi connectivity index (χ2v) is 15.0. The van der Waals surface area contributed by atoms with Gasteiger partial charge in [-0.05, 0) is 59.9 Å². The molecule has 39 heavy (non-hydrogen) atoms. The minimum Gasteiger partial charge on any atom is -0.454 e. The number of nitrogens with zero attached hydrogens (tertiary/aromatic N) is 2. The quantitative estimate of drug-likeness (QED) is 0.358. The summed E-state index contributed by atoms with van der Waals surface area (Å²) in [5, 5.41) is 0. The average Bonchev–Trinajstić information content (AvgIpc) is 3.24. The number of anilines is 1. The van der Waals surface area contributed by atoms with Gasteiger partial charge in [-0.3, -0.25) is 4.79 Å². The van der Waals surface area contributed by atoms with Gasteiger partial charge < -0.3 is 9.64 Å². The lowest BCUT2D eigenvalue weighted by Gasteiger charge is -2.39. The first-order valence-corrected chi connectivity index (χ1v) is 14.9. The van der Waals surface area contributed by atoms with Gasteiger partial charge in [0.1, 0.15) is 0 Å². The molecule has 7 nitrogen and oxygen atoms in total. The zero-order valence-electron chi connectivity index (χ0n) is 23.7. The van der Waals surface area contributed by atoms with Crippen LogP contribution in [0.2, 0.25) is 0 Å². The van der Waals surface area contributed by atoms with Crippen molar-refractivity contribution < 1.29 is 22.7 Å². The lowest BCUT2D eigenvalue weighted by Crippen LogP contribution is -2.37. The minimum absolute atomic E-state index is 0.0471. The molecule has 2 heterocycles. The van der Waals surface area contributed by atoms with Gasteiger partial charge in [-0.25, -0.2) is 13.2 Å². The van der Waals surface area contributed by atoms with Crippen molar-refractivity contribution in [2.24, 2.45) is 10.8 Å². The normalized spacial score (nSPS) is 26.5. The lowest BCUT2D eigenvalue weighted by molar-refractivity contribution is -0.117. The summed E-state index contributed by atoms with van der Waals surface area (Å²) in [5.41, 5.74) is 2.77. The zero-order valence-corrected chi connectivity index (χ0v) is 24.5. The van der Waals surface area contributed by atoms with Gasteiger partial charge in [0.2, 0.25) is 10.0 Å². The zero-order chi connectivity index (χ0) is 28.4. The molecule has 5 rings (SSSR count). The standard InChI is InChI=1S/C31H38N2O5S/c1-29(2)16-22-17-31(5,19-29)20-33(22)39(36,37)24-11-9-10-21(14-24)28(35)38-18-23(34)15-27-30(3,4)25-12-7-8-13-26(25)32(27)6/h7-15,22H,16-20H2,1-6H3/b27-15-/t22-,31+/m1/s1. The van der Waals surface area contributed by atoms with E-state index >= 15 is 0 Å². The van der Waals surface area contributed by atoms with Gasteiger partial charge in [-0.2, -0.15) is 4.31 Å². The van der Waals surface area contributed by atoms with Gasteiger partial charge in [0, 0.05) is 42.5 Å². The van der Waals surface area contributed by atoms with E-state index in [9.17, 15) is 18.0 Å². The Morgan fingerprint density at radius 3 is 2.46 bits per heavy atom. The van der Waals surface area contributed by atoms with Crippen LogP contribution in [-0.4, -0.2) is 50.7 Å².